The maximum absolute atomic E-state index is 11.8. The number of carbonyl (C=O) groups is 1. The highest BCUT2D eigenvalue weighted by atomic mass is 16.2. The molecule has 1 aliphatic heterocycles. The minimum atomic E-state index is -0.103. The zero-order valence-electron chi connectivity index (χ0n) is 8.95. The third kappa shape index (κ3) is 1.50. The number of fused-ring (bicyclic) bond motifs is 1. The zero-order valence-corrected chi connectivity index (χ0v) is 8.95. The lowest BCUT2D eigenvalue weighted by atomic mass is 10.1. The van der Waals surface area contributed by atoms with Gasteiger partial charge in [-0.25, -0.2) is 4.79 Å². The maximum atomic E-state index is 11.8. The van der Waals surface area contributed by atoms with Crippen molar-refractivity contribution in [3.05, 3.63) is 36.4 Å². The van der Waals surface area contributed by atoms with E-state index in [2.05, 4.69) is 11.9 Å². The molecule has 15 heavy (non-hydrogen) atoms. The van der Waals surface area contributed by atoms with Crippen molar-refractivity contribution < 1.29 is 4.79 Å². The number of para-hydroxylation sites is 1. The maximum Gasteiger partial charge on any atom is 0.326 e. The van der Waals surface area contributed by atoms with Crippen LogP contribution in [0, 0.1) is 0 Å². The van der Waals surface area contributed by atoms with Gasteiger partial charge in [0.15, 0.2) is 0 Å². The fraction of sp³-hybridized carbons (Fsp3) is 0.250. The highest BCUT2D eigenvalue weighted by Gasteiger charge is 2.27. The summed E-state index contributed by atoms with van der Waals surface area (Å²) >= 11 is 0. The van der Waals surface area contributed by atoms with Crippen LogP contribution in [0.5, 0.6) is 0 Å². The lowest BCUT2D eigenvalue weighted by Gasteiger charge is -2.34. The van der Waals surface area contributed by atoms with E-state index in [4.69, 9.17) is 0 Å². The van der Waals surface area contributed by atoms with Gasteiger partial charge in [-0.05, 0) is 19.9 Å². The van der Waals surface area contributed by atoms with Gasteiger partial charge in [-0.3, -0.25) is 4.90 Å². The summed E-state index contributed by atoms with van der Waals surface area (Å²) in [7, 11) is 0. The normalized spacial score (nSPS) is 15.3. The highest BCUT2D eigenvalue weighted by molar-refractivity contribution is 6.02. The van der Waals surface area contributed by atoms with Crippen LogP contribution in [0.1, 0.15) is 19.4 Å². The van der Waals surface area contributed by atoms with E-state index >= 15 is 0 Å². The molecule has 0 radical (unpaired) electrons. The van der Waals surface area contributed by atoms with E-state index in [1.807, 2.05) is 38.1 Å². The molecule has 0 fully saturated rings. The van der Waals surface area contributed by atoms with E-state index in [1.54, 1.807) is 4.90 Å². The third-order valence-electron chi connectivity index (χ3n) is 2.51. The first-order valence-corrected chi connectivity index (χ1v) is 5.00. The van der Waals surface area contributed by atoms with Crippen LogP contribution < -0.4 is 5.32 Å². The number of hydrogen-bond donors (Lipinski definition) is 1. The highest BCUT2D eigenvalue weighted by Crippen LogP contribution is 2.31. The van der Waals surface area contributed by atoms with E-state index in [1.165, 1.54) is 0 Å². The molecular formula is C12H14N2O. The number of nitrogens with one attached hydrogen (secondary N) is 1. The third-order valence-corrected chi connectivity index (χ3v) is 2.51. The average Bonchev–Trinajstić information content (AvgIpc) is 2.17. The number of benzene rings is 1. The van der Waals surface area contributed by atoms with Crippen LogP contribution in [-0.2, 0) is 0 Å². The summed E-state index contributed by atoms with van der Waals surface area (Å²) in [5.41, 5.74) is 2.60. The largest absolute Gasteiger partial charge is 0.326 e. The predicted molar refractivity (Wildman–Crippen MR) is 61.5 cm³/mol. The first-order chi connectivity index (χ1) is 7.11. The number of hydrogen-bond acceptors (Lipinski definition) is 1. The molecule has 0 spiro atoms. The number of carbonyl (C=O) groups excluding carboxylic acids is 1. The second-order valence-corrected chi connectivity index (χ2v) is 3.89. The number of urea groups is 1. The Hall–Kier alpha value is -1.77. The molecule has 1 aromatic carbocycles. The molecule has 0 unspecified atom stereocenters. The Kier molecular flexibility index (Phi) is 2.23. The van der Waals surface area contributed by atoms with Gasteiger partial charge in [-0.2, -0.15) is 0 Å². The Morgan fingerprint density at radius 2 is 2.00 bits per heavy atom. The molecule has 2 rings (SSSR count). The van der Waals surface area contributed by atoms with Crippen molar-refractivity contribution in [2.24, 2.45) is 0 Å². The fourth-order valence-electron chi connectivity index (χ4n) is 1.82. The van der Waals surface area contributed by atoms with Crippen molar-refractivity contribution >= 4 is 17.4 Å². The van der Waals surface area contributed by atoms with Gasteiger partial charge in [0.2, 0.25) is 0 Å². The SMILES string of the molecule is C=C1c2ccccc2NC(=O)N1C(C)C. The Morgan fingerprint density at radius 3 is 2.67 bits per heavy atom. The predicted octanol–water partition coefficient (Wildman–Crippen LogP) is 2.91. The lowest BCUT2D eigenvalue weighted by molar-refractivity contribution is 0.222. The van der Waals surface area contributed by atoms with E-state index in [0.29, 0.717) is 0 Å². The van der Waals surface area contributed by atoms with Crippen molar-refractivity contribution in [3.63, 3.8) is 0 Å². The van der Waals surface area contributed by atoms with Gasteiger partial charge < -0.3 is 5.32 Å². The standard InChI is InChI=1S/C12H14N2O/c1-8(2)14-9(3)10-6-4-5-7-11(10)13-12(14)15/h4-8H,3H2,1-2H3,(H,13,15). The molecule has 1 heterocycles. The van der Waals surface area contributed by atoms with Gasteiger partial charge in [0, 0.05) is 17.3 Å². The van der Waals surface area contributed by atoms with E-state index in [0.717, 1.165) is 16.9 Å². The molecule has 0 aliphatic carbocycles. The summed E-state index contributed by atoms with van der Waals surface area (Å²) in [6.45, 7) is 7.92. The summed E-state index contributed by atoms with van der Waals surface area (Å²) in [6, 6.07) is 7.71. The molecule has 0 bridgehead atoms. The summed E-state index contributed by atoms with van der Waals surface area (Å²) < 4.78 is 0. The number of rotatable bonds is 1. The Bertz CT molecular complexity index is 423. The number of anilines is 1. The van der Waals surface area contributed by atoms with E-state index in [9.17, 15) is 4.79 Å². The fourth-order valence-corrected chi connectivity index (χ4v) is 1.82. The molecule has 0 aromatic heterocycles. The van der Waals surface area contributed by atoms with Gasteiger partial charge >= 0.3 is 6.03 Å². The molecule has 2 amide bonds. The first-order valence-electron chi connectivity index (χ1n) is 5.00. The van der Waals surface area contributed by atoms with Crippen LogP contribution in [0.2, 0.25) is 0 Å². The second kappa shape index (κ2) is 3.42. The first kappa shape index (κ1) is 9.77. The van der Waals surface area contributed by atoms with E-state index < -0.39 is 0 Å². The van der Waals surface area contributed by atoms with Crippen molar-refractivity contribution in [2.45, 2.75) is 19.9 Å². The van der Waals surface area contributed by atoms with Crippen molar-refractivity contribution in [2.75, 3.05) is 5.32 Å². The Morgan fingerprint density at radius 1 is 1.33 bits per heavy atom. The molecule has 1 aliphatic rings. The minimum Gasteiger partial charge on any atom is -0.307 e. The van der Waals surface area contributed by atoms with Crippen LogP contribution in [0.3, 0.4) is 0 Å². The molecule has 78 valence electrons. The van der Waals surface area contributed by atoms with Crippen LogP contribution >= 0.6 is 0 Å². The summed E-state index contributed by atoms with van der Waals surface area (Å²) in [5, 5.41) is 2.85. The van der Waals surface area contributed by atoms with Gasteiger partial charge in [0.05, 0.1) is 5.69 Å². The van der Waals surface area contributed by atoms with Gasteiger partial charge in [-0.1, -0.05) is 24.8 Å². The molecule has 0 atom stereocenters. The number of nitrogens with zero attached hydrogens (tertiary/aromatic N) is 1. The molecular weight excluding hydrogens is 188 g/mol. The van der Waals surface area contributed by atoms with Gasteiger partial charge in [0.1, 0.15) is 0 Å². The van der Waals surface area contributed by atoms with E-state index in [-0.39, 0.29) is 12.1 Å². The second-order valence-electron chi connectivity index (χ2n) is 3.89. The zero-order chi connectivity index (χ0) is 11.0. The topological polar surface area (TPSA) is 32.3 Å². The van der Waals surface area contributed by atoms with Crippen LogP contribution in [0.25, 0.3) is 5.70 Å². The van der Waals surface area contributed by atoms with Crippen LogP contribution in [0.4, 0.5) is 10.5 Å². The number of amides is 2. The van der Waals surface area contributed by atoms with Crippen molar-refractivity contribution in [1.29, 1.82) is 0 Å². The minimum absolute atomic E-state index is 0.103. The smallest absolute Gasteiger partial charge is 0.307 e. The van der Waals surface area contributed by atoms with Gasteiger partial charge in [-0.15, -0.1) is 0 Å². The van der Waals surface area contributed by atoms with Crippen LogP contribution in [0.15, 0.2) is 30.8 Å². The molecule has 0 saturated carbocycles. The monoisotopic (exact) mass is 202 g/mol. The lowest BCUT2D eigenvalue weighted by Crippen LogP contribution is -2.41. The quantitative estimate of drug-likeness (QED) is 0.746. The van der Waals surface area contributed by atoms with Crippen molar-refractivity contribution in [3.8, 4) is 0 Å². The molecule has 0 saturated heterocycles. The summed E-state index contributed by atoms with van der Waals surface area (Å²) in [6.07, 6.45) is 0. The average molecular weight is 202 g/mol. The van der Waals surface area contributed by atoms with Crippen LogP contribution in [-0.4, -0.2) is 17.0 Å². The van der Waals surface area contributed by atoms with Crippen molar-refractivity contribution in [1.82, 2.24) is 4.90 Å². The molecule has 1 aromatic rings. The molecule has 3 heteroatoms. The summed E-state index contributed by atoms with van der Waals surface area (Å²) in [5.74, 6) is 0. The Labute approximate surface area is 89.4 Å². The summed E-state index contributed by atoms with van der Waals surface area (Å²) in [4.78, 5) is 13.4. The van der Waals surface area contributed by atoms with Gasteiger partial charge in [0.25, 0.3) is 0 Å². The molecule has 3 nitrogen and oxygen atoms in total. The Balaban J connectivity index is 2.48. The molecule has 1 N–H and O–H groups in total.